The fraction of sp³-hybridized carbons (Fsp3) is 0.0357. The van der Waals surface area contributed by atoms with Crippen molar-refractivity contribution in [2.75, 3.05) is 0 Å². The Balaban J connectivity index is 1.68. The molecule has 0 atom stereocenters. The fourth-order valence-corrected chi connectivity index (χ4v) is 4.48. The lowest BCUT2D eigenvalue weighted by atomic mass is 10.0. The van der Waals surface area contributed by atoms with Gasteiger partial charge in [-0.2, -0.15) is 4.52 Å². The van der Waals surface area contributed by atoms with Crippen LogP contribution in [-0.2, 0) is 0 Å². The number of nitrogens with zero attached hydrogens (tertiary/aromatic N) is 3. The fourth-order valence-electron chi connectivity index (χ4n) is 4.48. The number of benzene rings is 3. The third-order valence-electron chi connectivity index (χ3n) is 6.06. The minimum atomic E-state index is -0.377. The summed E-state index contributed by atoms with van der Waals surface area (Å²) in [5.41, 5.74) is 5.32. The number of aryl methyl sites for hydroxylation is 1. The van der Waals surface area contributed by atoms with Crippen LogP contribution in [0, 0.1) is 12.7 Å². The summed E-state index contributed by atoms with van der Waals surface area (Å²) in [4.78, 5) is 23.0. The number of halogens is 1. The monoisotopic (exact) mass is 446 g/mol. The molecular formula is C28H19FN4O. The Hall–Kier alpha value is -4.58. The predicted molar refractivity (Wildman–Crippen MR) is 132 cm³/mol. The third-order valence-corrected chi connectivity index (χ3v) is 6.06. The lowest BCUT2D eigenvalue weighted by molar-refractivity contribution is 0.630. The van der Waals surface area contributed by atoms with Crippen molar-refractivity contribution >= 4 is 16.6 Å². The largest absolute Gasteiger partial charge is 0.288 e. The van der Waals surface area contributed by atoms with Crippen LogP contribution < -0.4 is 5.56 Å². The molecule has 3 aromatic heterocycles. The van der Waals surface area contributed by atoms with E-state index in [1.165, 1.54) is 10.6 Å². The lowest BCUT2D eigenvalue weighted by Gasteiger charge is -2.08. The molecule has 0 aliphatic rings. The molecule has 0 spiro atoms. The van der Waals surface area contributed by atoms with Crippen LogP contribution in [0.3, 0.4) is 0 Å². The summed E-state index contributed by atoms with van der Waals surface area (Å²) in [6.45, 7) is 1.83. The predicted octanol–water partition coefficient (Wildman–Crippen LogP) is 6.02. The first-order chi connectivity index (χ1) is 16.6. The average molecular weight is 446 g/mol. The number of fused-ring (bicyclic) bond motifs is 2. The van der Waals surface area contributed by atoms with E-state index in [9.17, 15) is 9.18 Å². The van der Waals surface area contributed by atoms with Crippen LogP contribution in [0.15, 0.2) is 95.9 Å². The van der Waals surface area contributed by atoms with Gasteiger partial charge in [0.15, 0.2) is 5.65 Å². The number of rotatable bonds is 3. The van der Waals surface area contributed by atoms with Crippen LogP contribution >= 0.6 is 0 Å². The van der Waals surface area contributed by atoms with Gasteiger partial charge in [0.2, 0.25) is 0 Å². The van der Waals surface area contributed by atoms with Crippen molar-refractivity contribution in [3.05, 3.63) is 113 Å². The van der Waals surface area contributed by atoms with E-state index in [0.717, 1.165) is 22.0 Å². The molecule has 0 saturated heterocycles. The van der Waals surface area contributed by atoms with Crippen molar-refractivity contribution in [1.82, 2.24) is 19.6 Å². The van der Waals surface area contributed by atoms with Gasteiger partial charge in [0, 0.05) is 17.1 Å². The molecule has 1 N–H and O–H groups in total. The number of aromatic amines is 1. The van der Waals surface area contributed by atoms with E-state index in [1.54, 1.807) is 24.4 Å². The molecule has 0 saturated carbocycles. The standard InChI is InChI=1S/C28H19FN4O/c1-17-24(20-13-14-23-19(16-20)10-7-15-30-23)28(34)33-27(31-17)25(18-8-3-2-4-9-18)26(32-33)21-11-5-6-12-22(21)29/h2-16,32H,1H3. The maximum Gasteiger partial charge on any atom is 0.280 e. The van der Waals surface area contributed by atoms with Crippen molar-refractivity contribution in [3.8, 4) is 33.5 Å². The maximum atomic E-state index is 14.8. The highest BCUT2D eigenvalue weighted by atomic mass is 19.1. The van der Waals surface area contributed by atoms with Crippen LogP contribution in [0.5, 0.6) is 0 Å². The van der Waals surface area contributed by atoms with Gasteiger partial charge in [-0.15, -0.1) is 0 Å². The van der Waals surface area contributed by atoms with E-state index >= 15 is 0 Å². The zero-order valence-corrected chi connectivity index (χ0v) is 18.3. The summed E-state index contributed by atoms with van der Waals surface area (Å²) in [6.07, 6.45) is 1.74. The number of aromatic nitrogens is 4. The molecule has 0 unspecified atom stereocenters. The first kappa shape index (κ1) is 20.1. The molecule has 3 aromatic carbocycles. The van der Waals surface area contributed by atoms with Gasteiger partial charge in [0.05, 0.1) is 28.0 Å². The van der Waals surface area contributed by atoms with E-state index in [0.29, 0.717) is 33.7 Å². The highest BCUT2D eigenvalue weighted by Crippen LogP contribution is 2.36. The lowest BCUT2D eigenvalue weighted by Crippen LogP contribution is -2.19. The Kier molecular flexibility index (Phi) is 4.59. The zero-order chi connectivity index (χ0) is 23.2. The second kappa shape index (κ2) is 7.78. The van der Waals surface area contributed by atoms with E-state index in [4.69, 9.17) is 4.98 Å². The third kappa shape index (κ3) is 3.11. The van der Waals surface area contributed by atoms with Crippen molar-refractivity contribution in [1.29, 1.82) is 0 Å². The van der Waals surface area contributed by atoms with E-state index in [1.807, 2.05) is 67.6 Å². The molecule has 6 rings (SSSR count). The summed E-state index contributed by atoms with van der Waals surface area (Å²) in [5.74, 6) is -0.377. The van der Waals surface area contributed by atoms with E-state index in [2.05, 4.69) is 10.1 Å². The van der Waals surface area contributed by atoms with Gasteiger partial charge in [0.1, 0.15) is 5.82 Å². The summed E-state index contributed by atoms with van der Waals surface area (Å²) >= 11 is 0. The van der Waals surface area contributed by atoms with Gasteiger partial charge in [-0.05, 0) is 48.4 Å². The Morgan fingerprint density at radius 1 is 0.853 bits per heavy atom. The molecule has 0 radical (unpaired) electrons. The van der Waals surface area contributed by atoms with Gasteiger partial charge in [-0.25, -0.2) is 9.37 Å². The first-order valence-corrected chi connectivity index (χ1v) is 10.9. The SMILES string of the molecule is Cc1nc2c(-c3ccccc3)c(-c3ccccc3F)[nH]n2c(=O)c1-c1ccc2ncccc2c1. The molecule has 164 valence electrons. The minimum absolute atomic E-state index is 0.245. The normalized spacial score (nSPS) is 11.4. The second-order valence-corrected chi connectivity index (χ2v) is 8.15. The van der Waals surface area contributed by atoms with Crippen molar-refractivity contribution < 1.29 is 4.39 Å². The van der Waals surface area contributed by atoms with E-state index < -0.39 is 0 Å². The number of H-pyrrole nitrogens is 1. The zero-order valence-electron chi connectivity index (χ0n) is 18.3. The summed E-state index contributed by atoms with van der Waals surface area (Å²) in [6, 6.07) is 25.7. The van der Waals surface area contributed by atoms with E-state index in [-0.39, 0.29) is 11.4 Å². The number of hydrogen-bond acceptors (Lipinski definition) is 3. The molecule has 0 aliphatic heterocycles. The van der Waals surface area contributed by atoms with Gasteiger partial charge < -0.3 is 0 Å². The topological polar surface area (TPSA) is 63.1 Å². The molecule has 3 heterocycles. The average Bonchev–Trinajstić information content (AvgIpc) is 3.24. The van der Waals surface area contributed by atoms with Crippen LogP contribution in [0.1, 0.15) is 5.69 Å². The maximum absolute atomic E-state index is 14.8. The van der Waals surface area contributed by atoms with Crippen LogP contribution in [0.2, 0.25) is 0 Å². The van der Waals surface area contributed by atoms with Crippen LogP contribution in [0.4, 0.5) is 4.39 Å². The Bertz CT molecular complexity index is 1750. The first-order valence-electron chi connectivity index (χ1n) is 10.9. The quantitative estimate of drug-likeness (QED) is 0.362. The Labute approximate surface area is 194 Å². The Morgan fingerprint density at radius 2 is 1.65 bits per heavy atom. The molecule has 0 aliphatic carbocycles. The van der Waals surface area contributed by atoms with Gasteiger partial charge >= 0.3 is 0 Å². The van der Waals surface area contributed by atoms with Gasteiger partial charge in [-0.1, -0.05) is 54.6 Å². The molecular weight excluding hydrogens is 427 g/mol. The van der Waals surface area contributed by atoms with Crippen LogP contribution in [0.25, 0.3) is 50.1 Å². The summed E-state index contributed by atoms with van der Waals surface area (Å²) < 4.78 is 16.3. The van der Waals surface area contributed by atoms with Crippen LogP contribution in [-0.4, -0.2) is 19.6 Å². The highest BCUT2D eigenvalue weighted by Gasteiger charge is 2.22. The highest BCUT2D eigenvalue weighted by molar-refractivity contribution is 5.91. The molecule has 6 heteroatoms. The van der Waals surface area contributed by atoms with Gasteiger partial charge in [-0.3, -0.25) is 14.9 Å². The molecule has 34 heavy (non-hydrogen) atoms. The molecule has 6 aromatic rings. The smallest absolute Gasteiger partial charge is 0.280 e. The number of pyridine rings is 1. The number of hydrogen-bond donors (Lipinski definition) is 1. The minimum Gasteiger partial charge on any atom is -0.288 e. The Morgan fingerprint density at radius 3 is 2.47 bits per heavy atom. The summed E-state index contributed by atoms with van der Waals surface area (Å²) in [5, 5.41) is 4.09. The molecule has 0 bridgehead atoms. The van der Waals surface area contributed by atoms with Gasteiger partial charge in [0.25, 0.3) is 5.56 Å². The number of nitrogens with one attached hydrogen (secondary N) is 1. The summed E-state index contributed by atoms with van der Waals surface area (Å²) in [7, 11) is 0. The molecule has 0 amide bonds. The molecule has 0 fully saturated rings. The second-order valence-electron chi connectivity index (χ2n) is 8.15. The molecule has 5 nitrogen and oxygen atoms in total. The van der Waals surface area contributed by atoms with Crippen molar-refractivity contribution in [3.63, 3.8) is 0 Å². The van der Waals surface area contributed by atoms with Crippen molar-refractivity contribution in [2.24, 2.45) is 0 Å². The van der Waals surface area contributed by atoms with Crippen molar-refractivity contribution in [2.45, 2.75) is 6.92 Å².